The van der Waals surface area contributed by atoms with Gasteiger partial charge in [-0.05, 0) is 30.4 Å². The van der Waals surface area contributed by atoms with Gasteiger partial charge in [0.05, 0.1) is 5.92 Å². The molecule has 1 saturated heterocycles. The first kappa shape index (κ1) is 13.4. The number of fused-ring (bicyclic) bond motifs is 1. The maximum Gasteiger partial charge on any atom is 0.230 e. The summed E-state index contributed by atoms with van der Waals surface area (Å²) in [5.41, 5.74) is 8.27. The van der Waals surface area contributed by atoms with E-state index in [1.165, 1.54) is 11.1 Å². The highest BCUT2D eigenvalue weighted by molar-refractivity contribution is 5.87. The van der Waals surface area contributed by atoms with Gasteiger partial charge in [0.25, 0.3) is 0 Å². The van der Waals surface area contributed by atoms with E-state index >= 15 is 0 Å². The van der Waals surface area contributed by atoms with Gasteiger partial charge >= 0.3 is 0 Å². The normalized spacial score (nSPS) is 25.1. The van der Waals surface area contributed by atoms with Crippen molar-refractivity contribution in [2.75, 3.05) is 13.1 Å². The van der Waals surface area contributed by atoms with Crippen molar-refractivity contribution >= 4 is 18.3 Å². The molecule has 4 heteroatoms. The van der Waals surface area contributed by atoms with E-state index in [9.17, 15) is 4.79 Å². The zero-order chi connectivity index (χ0) is 11.8. The predicted molar refractivity (Wildman–Crippen MR) is 73.9 cm³/mol. The quantitative estimate of drug-likeness (QED) is 0.886. The number of nitrogens with two attached hydrogens (primary N) is 1. The highest BCUT2D eigenvalue weighted by Crippen LogP contribution is 2.37. The van der Waals surface area contributed by atoms with Gasteiger partial charge in [-0.3, -0.25) is 4.79 Å². The second kappa shape index (κ2) is 5.29. The van der Waals surface area contributed by atoms with Crippen LogP contribution in [0, 0.1) is 0 Å². The average molecular weight is 267 g/mol. The summed E-state index contributed by atoms with van der Waals surface area (Å²) in [4.78, 5) is 14.4. The zero-order valence-corrected chi connectivity index (χ0v) is 11.2. The zero-order valence-electron chi connectivity index (χ0n) is 10.3. The van der Waals surface area contributed by atoms with Crippen LogP contribution in [-0.2, 0) is 11.2 Å². The Hall–Kier alpha value is -1.06. The van der Waals surface area contributed by atoms with Crippen LogP contribution < -0.4 is 5.73 Å². The lowest BCUT2D eigenvalue weighted by molar-refractivity contribution is -0.134. The van der Waals surface area contributed by atoms with Gasteiger partial charge in [0, 0.05) is 19.1 Å². The number of amides is 1. The minimum atomic E-state index is 0. The number of carbonyl (C=O) groups excluding carboxylic acids is 1. The molecule has 1 aromatic rings. The molecule has 0 radical (unpaired) electrons. The molecule has 1 heterocycles. The molecule has 0 spiro atoms. The lowest BCUT2D eigenvalue weighted by Gasteiger charge is -2.34. The molecule has 1 aromatic carbocycles. The van der Waals surface area contributed by atoms with Gasteiger partial charge in [-0.25, -0.2) is 0 Å². The maximum atomic E-state index is 12.4. The Bertz CT molecular complexity index is 449. The number of halogens is 1. The Balaban J connectivity index is 0.00000120. The Morgan fingerprint density at radius 2 is 2.17 bits per heavy atom. The molecular formula is C14H19ClN2O. The molecule has 0 bridgehead atoms. The molecule has 0 aromatic heterocycles. The van der Waals surface area contributed by atoms with Crippen molar-refractivity contribution in [1.82, 2.24) is 4.90 Å². The standard InChI is InChI=1S/C14H18N2O.ClH/c15-9-11-5-3-7-16(11)14(17)13-8-10-4-1-2-6-12(10)13;/h1-2,4,6,11,13H,3,5,7-9,15H2;1H. The number of rotatable bonds is 2. The molecule has 98 valence electrons. The number of likely N-dealkylation sites (tertiary alicyclic amines) is 1. The first-order valence-corrected chi connectivity index (χ1v) is 6.39. The molecule has 3 nitrogen and oxygen atoms in total. The second-order valence-electron chi connectivity index (χ2n) is 5.02. The van der Waals surface area contributed by atoms with Gasteiger partial charge in [0.1, 0.15) is 0 Å². The predicted octanol–water partition coefficient (Wildman–Crippen LogP) is 1.70. The Labute approximate surface area is 114 Å². The summed E-state index contributed by atoms with van der Waals surface area (Å²) in [7, 11) is 0. The minimum Gasteiger partial charge on any atom is -0.338 e. The number of hydrogen-bond donors (Lipinski definition) is 1. The molecule has 1 aliphatic heterocycles. The van der Waals surface area contributed by atoms with Crippen LogP contribution in [-0.4, -0.2) is 29.9 Å². The van der Waals surface area contributed by atoms with E-state index < -0.39 is 0 Å². The third kappa shape index (κ3) is 2.02. The molecule has 2 unspecified atom stereocenters. The van der Waals surface area contributed by atoms with Crippen molar-refractivity contribution in [3.63, 3.8) is 0 Å². The average Bonchev–Trinajstić information content (AvgIpc) is 2.78. The van der Waals surface area contributed by atoms with Gasteiger partial charge in [-0.1, -0.05) is 24.3 Å². The lowest BCUT2D eigenvalue weighted by atomic mass is 9.77. The first-order valence-electron chi connectivity index (χ1n) is 6.39. The van der Waals surface area contributed by atoms with E-state index in [-0.39, 0.29) is 30.3 Å². The van der Waals surface area contributed by atoms with Crippen LogP contribution in [0.25, 0.3) is 0 Å². The van der Waals surface area contributed by atoms with Crippen LogP contribution in [0.4, 0.5) is 0 Å². The third-order valence-corrected chi connectivity index (χ3v) is 4.08. The molecular weight excluding hydrogens is 248 g/mol. The maximum absolute atomic E-state index is 12.4. The van der Waals surface area contributed by atoms with Crippen molar-refractivity contribution in [3.8, 4) is 0 Å². The van der Waals surface area contributed by atoms with Gasteiger partial charge in [0.15, 0.2) is 0 Å². The molecule has 2 aliphatic rings. The number of carbonyl (C=O) groups is 1. The van der Waals surface area contributed by atoms with E-state index in [1.54, 1.807) is 0 Å². The van der Waals surface area contributed by atoms with Crippen molar-refractivity contribution in [2.45, 2.75) is 31.2 Å². The highest BCUT2D eigenvalue weighted by atomic mass is 35.5. The van der Waals surface area contributed by atoms with E-state index in [0.29, 0.717) is 6.54 Å². The van der Waals surface area contributed by atoms with E-state index in [1.807, 2.05) is 17.0 Å². The summed E-state index contributed by atoms with van der Waals surface area (Å²) in [5.74, 6) is 0.384. The van der Waals surface area contributed by atoms with Crippen LogP contribution in [0.1, 0.15) is 29.9 Å². The van der Waals surface area contributed by atoms with Gasteiger partial charge < -0.3 is 10.6 Å². The SMILES string of the molecule is Cl.NCC1CCCN1C(=O)C1Cc2ccccc21. The summed E-state index contributed by atoms with van der Waals surface area (Å²) in [6.07, 6.45) is 3.07. The Kier molecular flexibility index (Phi) is 3.93. The Morgan fingerprint density at radius 1 is 1.39 bits per heavy atom. The van der Waals surface area contributed by atoms with Crippen LogP contribution >= 0.6 is 12.4 Å². The molecule has 1 amide bonds. The topological polar surface area (TPSA) is 46.3 Å². The molecule has 1 fully saturated rings. The van der Waals surface area contributed by atoms with E-state index in [2.05, 4.69) is 12.1 Å². The Morgan fingerprint density at radius 3 is 2.89 bits per heavy atom. The van der Waals surface area contributed by atoms with Crippen LogP contribution in [0.15, 0.2) is 24.3 Å². The summed E-state index contributed by atoms with van der Waals surface area (Å²) in [6.45, 7) is 1.49. The fourth-order valence-corrected chi connectivity index (χ4v) is 3.05. The summed E-state index contributed by atoms with van der Waals surface area (Å²) < 4.78 is 0. The summed E-state index contributed by atoms with van der Waals surface area (Å²) in [5, 5.41) is 0. The summed E-state index contributed by atoms with van der Waals surface area (Å²) >= 11 is 0. The van der Waals surface area contributed by atoms with E-state index in [0.717, 1.165) is 25.8 Å². The smallest absolute Gasteiger partial charge is 0.230 e. The number of hydrogen-bond acceptors (Lipinski definition) is 2. The van der Waals surface area contributed by atoms with Gasteiger partial charge in [-0.2, -0.15) is 0 Å². The first-order chi connectivity index (χ1) is 8.31. The molecule has 3 rings (SSSR count). The van der Waals surface area contributed by atoms with Crippen molar-refractivity contribution in [2.24, 2.45) is 5.73 Å². The fraction of sp³-hybridized carbons (Fsp3) is 0.500. The minimum absolute atomic E-state index is 0. The summed E-state index contributed by atoms with van der Waals surface area (Å²) in [6, 6.07) is 8.52. The van der Waals surface area contributed by atoms with Crippen LogP contribution in [0.2, 0.25) is 0 Å². The molecule has 18 heavy (non-hydrogen) atoms. The van der Waals surface area contributed by atoms with Crippen molar-refractivity contribution in [3.05, 3.63) is 35.4 Å². The molecule has 2 N–H and O–H groups in total. The number of benzene rings is 1. The van der Waals surface area contributed by atoms with Crippen LogP contribution in [0.5, 0.6) is 0 Å². The van der Waals surface area contributed by atoms with Crippen molar-refractivity contribution in [1.29, 1.82) is 0 Å². The molecule has 2 atom stereocenters. The van der Waals surface area contributed by atoms with Crippen LogP contribution in [0.3, 0.4) is 0 Å². The number of nitrogens with zero attached hydrogens (tertiary/aromatic N) is 1. The highest BCUT2D eigenvalue weighted by Gasteiger charge is 2.38. The fourth-order valence-electron chi connectivity index (χ4n) is 3.05. The second-order valence-corrected chi connectivity index (χ2v) is 5.02. The van der Waals surface area contributed by atoms with Crippen molar-refractivity contribution < 1.29 is 4.79 Å². The lowest BCUT2D eigenvalue weighted by Crippen LogP contribution is -2.44. The van der Waals surface area contributed by atoms with Gasteiger partial charge in [0.2, 0.25) is 5.91 Å². The van der Waals surface area contributed by atoms with Gasteiger partial charge in [-0.15, -0.1) is 12.4 Å². The monoisotopic (exact) mass is 266 g/mol. The van der Waals surface area contributed by atoms with E-state index in [4.69, 9.17) is 5.73 Å². The molecule has 1 aliphatic carbocycles. The molecule has 0 saturated carbocycles. The largest absolute Gasteiger partial charge is 0.338 e. The third-order valence-electron chi connectivity index (χ3n) is 4.08.